The molecule has 0 bridgehead atoms. The van der Waals surface area contributed by atoms with Crippen LogP contribution in [0.5, 0.6) is 5.75 Å². The van der Waals surface area contributed by atoms with Crippen molar-refractivity contribution >= 4 is 39.8 Å². The molecule has 4 rings (SSSR count). The van der Waals surface area contributed by atoms with Gasteiger partial charge in [0.25, 0.3) is 0 Å². The Hall–Kier alpha value is -3.17. The maximum absolute atomic E-state index is 12.5. The number of aromatic nitrogens is 4. The minimum Gasteiger partial charge on any atom is -0.495 e. The van der Waals surface area contributed by atoms with E-state index in [1.807, 2.05) is 35.7 Å². The van der Waals surface area contributed by atoms with Crippen LogP contribution in [0, 0.1) is 6.92 Å². The Morgan fingerprint density at radius 2 is 2.00 bits per heavy atom. The molecule has 7 nitrogen and oxygen atoms in total. The largest absolute Gasteiger partial charge is 0.495 e. The number of carbonyl (C=O) groups is 1. The van der Waals surface area contributed by atoms with Crippen LogP contribution < -0.4 is 9.64 Å². The molecule has 0 N–H and O–H groups in total. The van der Waals surface area contributed by atoms with Crippen LogP contribution in [-0.2, 0) is 17.1 Å². The van der Waals surface area contributed by atoms with Crippen molar-refractivity contribution in [1.82, 2.24) is 19.7 Å². The van der Waals surface area contributed by atoms with E-state index in [1.165, 1.54) is 23.8 Å². The van der Waals surface area contributed by atoms with Gasteiger partial charge in [0.1, 0.15) is 5.75 Å². The molecule has 0 radical (unpaired) electrons. The third kappa shape index (κ3) is 5.15. The fourth-order valence-corrected chi connectivity index (χ4v) is 5.49. The summed E-state index contributed by atoms with van der Waals surface area (Å²) in [6.45, 7) is 6.60. The molecule has 9 heteroatoms. The molecule has 0 fully saturated rings. The second-order valence-electron chi connectivity index (χ2n) is 7.76. The summed E-state index contributed by atoms with van der Waals surface area (Å²) < 4.78 is 7.62. The molecule has 0 aliphatic carbocycles. The van der Waals surface area contributed by atoms with Crippen LogP contribution in [0.15, 0.2) is 59.1 Å². The molecule has 176 valence electrons. The monoisotopic (exact) mass is 493 g/mol. The number of ether oxygens (including phenoxy) is 1. The number of carbonyl (C=O) groups excluding carboxylic acids is 1. The average molecular weight is 494 g/mol. The van der Waals surface area contributed by atoms with Crippen LogP contribution in [0.1, 0.15) is 31.5 Å². The molecule has 2 heterocycles. The lowest BCUT2D eigenvalue weighted by Crippen LogP contribution is -2.23. The zero-order valence-electron chi connectivity index (χ0n) is 19.7. The molecule has 4 aromatic rings. The molecule has 0 saturated heterocycles. The van der Waals surface area contributed by atoms with Crippen molar-refractivity contribution in [2.45, 2.75) is 44.6 Å². The number of nitrogens with zero attached hydrogens (tertiary/aromatic N) is 5. The molecule has 1 amide bonds. The summed E-state index contributed by atoms with van der Waals surface area (Å²) in [5, 5.41) is 12.4. The number of para-hydroxylation sites is 2. The summed E-state index contributed by atoms with van der Waals surface area (Å²) in [5.74, 6) is 2.01. The van der Waals surface area contributed by atoms with Crippen molar-refractivity contribution in [2.75, 3.05) is 12.0 Å². The molecule has 2 aromatic heterocycles. The van der Waals surface area contributed by atoms with E-state index in [0.29, 0.717) is 22.3 Å². The van der Waals surface area contributed by atoms with Gasteiger partial charge in [-0.2, -0.15) is 0 Å². The lowest BCUT2D eigenvalue weighted by molar-refractivity contribution is -0.115. The predicted octanol–water partition coefficient (Wildman–Crippen LogP) is 6.11. The number of thioether (sulfide) groups is 1. The van der Waals surface area contributed by atoms with Crippen molar-refractivity contribution in [2.24, 2.45) is 0 Å². The number of aryl methyl sites for hydroxylation is 1. The zero-order chi connectivity index (χ0) is 24.1. The summed E-state index contributed by atoms with van der Waals surface area (Å²) in [5.41, 5.74) is 3.82. The minimum atomic E-state index is -0.122. The molecule has 0 spiro atoms. The van der Waals surface area contributed by atoms with Gasteiger partial charge in [0.2, 0.25) is 5.91 Å². The Balaban J connectivity index is 1.55. The van der Waals surface area contributed by atoms with E-state index < -0.39 is 0 Å². The zero-order valence-corrected chi connectivity index (χ0v) is 21.3. The van der Waals surface area contributed by atoms with E-state index in [9.17, 15) is 4.79 Å². The molecule has 0 aliphatic heterocycles. The second-order valence-corrected chi connectivity index (χ2v) is 9.54. The molecule has 0 saturated carbocycles. The number of hydrogen-bond donors (Lipinski definition) is 0. The first-order valence-corrected chi connectivity index (χ1v) is 12.9. The molecule has 34 heavy (non-hydrogen) atoms. The SMILES string of the molecule is CCCn1c(SCc2csc(N(C(C)=O)c3ccccc3OC)n2)nnc1-c1cccc(C)c1. The molecular formula is C25H27N5O2S2. The summed E-state index contributed by atoms with van der Waals surface area (Å²) in [4.78, 5) is 18.8. The van der Waals surface area contributed by atoms with Crippen molar-refractivity contribution in [3.63, 3.8) is 0 Å². The topological polar surface area (TPSA) is 73.1 Å². The first-order valence-electron chi connectivity index (χ1n) is 11.0. The van der Waals surface area contributed by atoms with E-state index >= 15 is 0 Å². The van der Waals surface area contributed by atoms with Crippen LogP contribution in [0.4, 0.5) is 10.8 Å². The van der Waals surface area contributed by atoms with Crippen molar-refractivity contribution in [3.8, 4) is 17.1 Å². The predicted molar refractivity (Wildman–Crippen MR) is 138 cm³/mol. The van der Waals surface area contributed by atoms with Gasteiger partial charge in [-0.25, -0.2) is 4.98 Å². The quantitative estimate of drug-likeness (QED) is 0.262. The number of amides is 1. The molecule has 0 atom stereocenters. The van der Waals surface area contributed by atoms with Crippen LogP contribution in [0.25, 0.3) is 11.4 Å². The third-order valence-corrected chi connectivity index (χ3v) is 7.04. The lowest BCUT2D eigenvalue weighted by Gasteiger charge is -2.20. The van der Waals surface area contributed by atoms with Gasteiger partial charge in [-0.05, 0) is 31.5 Å². The Morgan fingerprint density at radius 3 is 2.74 bits per heavy atom. The van der Waals surface area contributed by atoms with Crippen molar-refractivity contribution < 1.29 is 9.53 Å². The summed E-state index contributed by atoms with van der Waals surface area (Å²) >= 11 is 3.04. The lowest BCUT2D eigenvalue weighted by atomic mass is 10.1. The highest BCUT2D eigenvalue weighted by Gasteiger charge is 2.22. The molecular weight excluding hydrogens is 466 g/mol. The van der Waals surface area contributed by atoms with Crippen LogP contribution in [0.2, 0.25) is 0 Å². The number of benzene rings is 2. The molecule has 0 aliphatic rings. The Morgan fingerprint density at radius 1 is 1.18 bits per heavy atom. The van der Waals surface area contributed by atoms with Crippen LogP contribution in [-0.4, -0.2) is 32.8 Å². The van der Waals surface area contributed by atoms with Gasteiger partial charge in [-0.1, -0.05) is 54.6 Å². The number of rotatable bonds is 9. The highest BCUT2D eigenvalue weighted by atomic mass is 32.2. The number of anilines is 2. The maximum Gasteiger partial charge on any atom is 0.230 e. The summed E-state index contributed by atoms with van der Waals surface area (Å²) in [7, 11) is 1.60. The summed E-state index contributed by atoms with van der Waals surface area (Å²) in [6, 6.07) is 15.8. The van der Waals surface area contributed by atoms with Crippen molar-refractivity contribution in [1.29, 1.82) is 0 Å². The Labute approximate surface area is 207 Å². The number of methoxy groups -OCH3 is 1. The van der Waals surface area contributed by atoms with Gasteiger partial charge in [0, 0.05) is 30.2 Å². The van der Waals surface area contributed by atoms with E-state index in [2.05, 4.69) is 46.8 Å². The van der Waals surface area contributed by atoms with Gasteiger partial charge < -0.3 is 9.30 Å². The van der Waals surface area contributed by atoms with Gasteiger partial charge in [0.05, 0.1) is 18.5 Å². The van der Waals surface area contributed by atoms with Crippen molar-refractivity contribution in [3.05, 3.63) is 65.2 Å². The highest BCUT2D eigenvalue weighted by Crippen LogP contribution is 2.36. The number of thiazole rings is 1. The molecule has 2 aromatic carbocycles. The van der Waals surface area contributed by atoms with Crippen LogP contribution in [0.3, 0.4) is 0 Å². The average Bonchev–Trinajstić information content (AvgIpc) is 3.45. The Bertz CT molecular complexity index is 1280. The normalized spacial score (nSPS) is 10.9. The fourth-order valence-electron chi connectivity index (χ4n) is 3.64. The van der Waals surface area contributed by atoms with E-state index in [0.717, 1.165) is 35.2 Å². The van der Waals surface area contributed by atoms with E-state index in [4.69, 9.17) is 9.72 Å². The van der Waals surface area contributed by atoms with Gasteiger partial charge in [-0.15, -0.1) is 21.5 Å². The van der Waals surface area contributed by atoms with E-state index in [-0.39, 0.29) is 5.91 Å². The smallest absolute Gasteiger partial charge is 0.230 e. The van der Waals surface area contributed by atoms with E-state index in [1.54, 1.807) is 23.8 Å². The van der Waals surface area contributed by atoms with Gasteiger partial charge in [0.15, 0.2) is 16.1 Å². The first kappa shape index (κ1) is 24.0. The third-order valence-electron chi connectivity index (χ3n) is 5.16. The first-order chi connectivity index (χ1) is 16.5. The van der Waals surface area contributed by atoms with Gasteiger partial charge >= 0.3 is 0 Å². The standard InChI is InChI=1S/C25H27N5O2S2/c1-5-13-29-23(19-10-8-9-17(2)14-19)27-28-25(29)34-16-20-15-33-24(26-20)30(18(3)31)21-11-6-7-12-22(21)32-4/h6-12,14-15H,5,13,16H2,1-4H3. The summed E-state index contributed by atoms with van der Waals surface area (Å²) in [6.07, 6.45) is 0.984. The Kier molecular flexibility index (Phi) is 7.64. The minimum absolute atomic E-state index is 0.122. The highest BCUT2D eigenvalue weighted by molar-refractivity contribution is 7.98. The number of hydrogen-bond acceptors (Lipinski definition) is 7. The fraction of sp³-hybridized carbons (Fsp3) is 0.280. The maximum atomic E-state index is 12.5. The second kappa shape index (κ2) is 10.8. The van der Waals surface area contributed by atoms with Gasteiger partial charge in [-0.3, -0.25) is 9.69 Å². The van der Waals surface area contributed by atoms with Crippen LogP contribution >= 0.6 is 23.1 Å². The molecule has 0 unspecified atom stereocenters.